The fourth-order valence-corrected chi connectivity index (χ4v) is 3.75. The molecular weight excluding hydrogens is 387 g/mol. The Morgan fingerprint density at radius 3 is 1.97 bits per heavy atom. The first kappa shape index (κ1) is 19.3. The average molecular weight is 404 g/mol. The smallest absolute Gasteiger partial charge is 0.339 e. The molecule has 2 N–H and O–H groups in total. The standard InChI is InChI=1S/C23H17FN2O4/c24-17-11-13-18(14-12-17)26-19(21(27)28)23(22(29)30,16-9-5-2-6-10-16)25-20(26)15-7-3-1-4-8-15/h1-14,19H,(H,27,28)(H,29,30)/t19?,23-/m0/s1. The van der Waals surface area contributed by atoms with Crippen LogP contribution in [0.2, 0.25) is 0 Å². The molecule has 1 aliphatic heterocycles. The molecule has 4 rings (SSSR count). The number of halogens is 1. The highest BCUT2D eigenvalue weighted by atomic mass is 19.1. The number of rotatable bonds is 5. The second kappa shape index (κ2) is 7.44. The SMILES string of the molecule is O=C(O)C1N(c2ccc(F)cc2)C(c2ccccc2)=N[C@@]1(C(=O)O)c1ccccc1. The van der Waals surface area contributed by atoms with Crippen molar-refractivity contribution in [2.45, 2.75) is 11.6 Å². The minimum atomic E-state index is -2.09. The summed E-state index contributed by atoms with van der Waals surface area (Å²) in [5.74, 6) is -3.06. The zero-order valence-electron chi connectivity index (χ0n) is 15.6. The van der Waals surface area contributed by atoms with Gasteiger partial charge in [-0.15, -0.1) is 0 Å². The van der Waals surface area contributed by atoms with E-state index in [9.17, 15) is 24.2 Å². The minimum absolute atomic E-state index is 0.181. The van der Waals surface area contributed by atoms with Crippen LogP contribution in [0.5, 0.6) is 0 Å². The fraction of sp³-hybridized carbons (Fsp3) is 0.0870. The number of hydrogen-bond acceptors (Lipinski definition) is 4. The lowest BCUT2D eigenvalue weighted by Crippen LogP contribution is -2.54. The highest BCUT2D eigenvalue weighted by Gasteiger charge is 2.60. The van der Waals surface area contributed by atoms with Gasteiger partial charge in [-0.2, -0.15) is 0 Å². The Hall–Kier alpha value is -4.00. The van der Waals surface area contributed by atoms with Crippen molar-refractivity contribution in [3.63, 3.8) is 0 Å². The lowest BCUT2D eigenvalue weighted by Gasteiger charge is -2.32. The largest absolute Gasteiger partial charge is 0.480 e. The first-order chi connectivity index (χ1) is 14.4. The van der Waals surface area contributed by atoms with E-state index in [0.717, 1.165) is 0 Å². The Kier molecular flexibility index (Phi) is 4.79. The maximum atomic E-state index is 13.5. The van der Waals surface area contributed by atoms with Crippen LogP contribution in [0, 0.1) is 5.82 Å². The van der Waals surface area contributed by atoms with Crippen molar-refractivity contribution in [3.8, 4) is 0 Å². The van der Waals surface area contributed by atoms with Gasteiger partial charge in [-0.1, -0.05) is 60.7 Å². The van der Waals surface area contributed by atoms with Crippen LogP contribution in [-0.4, -0.2) is 34.0 Å². The average Bonchev–Trinajstić information content (AvgIpc) is 3.13. The molecule has 6 nitrogen and oxygen atoms in total. The summed E-state index contributed by atoms with van der Waals surface area (Å²) < 4.78 is 13.5. The predicted octanol–water partition coefficient (Wildman–Crippen LogP) is 3.53. The van der Waals surface area contributed by atoms with Crippen LogP contribution in [0.15, 0.2) is 89.9 Å². The van der Waals surface area contributed by atoms with Crippen LogP contribution in [0.4, 0.5) is 10.1 Å². The summed E-state index contributed by atoms with van der Waals surface area (Å²) in [6.45, 7) is 0. The van der Waals surface area contributed by atoms with Crippen molar-refractivity contribution in [3.05, 3.63) is 102 Å². The second-order valence-electron chi connectivity index (χ2n) is 6.83. The van der Waals surface area contributed by atoms with E-state index < -0.39 is 29.3 Å². The molecule has 30 heavy (non-hydrogen) atoms. The van der Waals surface area contributed by atoms with Gasteiger partial charge in [-0.3, -0.25) is 0 Å². The molecule has 0 spiro atoms. The van der Waals surface area contributed by atoms with E-state index in [4.69, 9.17) is 0 Å². The first-order valence-electron chi connectivity index (χ1n) is 9.17. The number of aliphatic carboxylic acids is 2. The molecule has 2 atom stereocenters. The molecule has 7 heteroatoms. The molecule has 1 heterocycles. The van der Waals surface area contributed by atoms with Gasteiger partial charge in [0.05, 0.1) is 0 Å². The quantitative estimate of drug-likeness (QED) is 0.679. The van der Waals surface area contributed by atoms with Crippen molar-refractivity contribution in [1.82, 2.24) is 0 Å². The summed E-state index contributed by atoms with van der Waals surface area (Å²) in [4.78, 5) is 30.9. The van der Waals surface area contributed by atoms with Crippen molar-refractivity contribution in [2.75, 3.05) is 4.90 Å². The number of carbonyl (C=O) groups is 2. The van der Waals surface area contributed by atoms with E-state index in [2.05, 4.69) is 4.99 Å². The Morgan fingerprint density at radius 2 is 1.43 bits per heavy atom. The number of benzene rings is 3. The normalized spacial score (nSPS) is 20.6. The van der Waals surface area contributed by atoms with Gasteiger partial charge in [0, 0.05) is 11.3 Å². The van der Waals surface area contributed by atoms with Crippen molar-refractivity contribution < 1.29 is 24.2 Å². The Bertz CT molecular complexity index is 1120. The molecule has 0 bridgehead atoms. The maximum absolute atomic E-state index is 13.5. The number of carboxylic acid groups (broad SMARTS) is 2. The van der Waals surface area contributed by atoms with Gasteiger partial charge < -0.3 is 15.1 Å². The fourth-order valence-electron chi connectivity index (χ4n) is 3.75. The lowest BCUT2D eigenvalue weighted by molar-refractivity contribution is -0.151. The molecule has 0 saturated heterocycles. The van der Waals surface area contributed by atoms with Gasteiger partial charge in [0.1, 0.15) is 11.7 Å². The molecule has 150 valence electrons. The number of amidine groups is 1. The third-order valence-corrected chi connectivity index (χ3v) is 5.08. The number of carboxylic acids is 2. The monoisotopic (exact) mass is 404 g/mol. The van der Waals surface area contributed by atoms with Crippen molar-refractivity contribution in [1.29, 1.82) is 0 Å². The Morgan fingerprint density at radius 1 is 0.867 bits per heavy atom. The van der Waals surface area contributed by atoms with Gasteiger partial charge in [0.25, 0.3) is 0 Å². The summed E-state index contributed by atoms with van der Waals surface area (Å²) in [6.07, 6.45) is 0. The third-order valence-electron chi connectivity index (χ3n) is 5.08. The van der Waals surface area contributed by atoms with Gasteiger partial charge in [0.2, 0.25) is 5.54 Å². The molecular formula is C23H17FN2O4. The van der Waals surface area contributed by atoms with Crippen molar-refractivity contribution in [2.24, 2.45) is 4.99 Å². The number of nitrogens with zero attached hydrogens (tertiary/aromatic N) is 2. The van der Waals surface area contributed by atoms with Gasteiger partial charge in [0.15, 0.2) is 6.04 Å². The van der Waals surface area contributed by atoms with E-state index >= 15 is 0 Å². The first-order valence-corrected chi connectivity index (χ1v) is 9.17. The van der Waals surface area contributed by atoms with E-state index in [1.807, 2.05) is 0 Å². The summed E-state index contributed by atoms with van der Waals surface area (Å²) in [7, 11) is 0. The van der Waals surface area contributed by atoms with Crippen LogP contribution in [0.3, 0.4) is 0 Å². The van der Waals surface area contributed by atoms with Gasteiger partial charge >= 0.3 is 11.9 Å². The minimum Gasteiger partial charge on any atom is -0.480 e. The highest BCUT2D eigenvalue weighted by Crippen LogP contribution is 2.42. The molecule has 3 aromatic carbocycles. The second-order valence-corrected chi connectivity index (χ2v) is 6.83. The zero-order chi connectivity index (χ0) is 21.3. The van der Waals surface area contributed by atoms with Gasteiger partial charge in [-0.25, -0.2) is 19.0 Å². The molecule has 0 radical (unpaired) electrons. The number of hydrogen-bond donors (Lipinski definition) is 2. The Balaban J connectivity index is 2.03. The third kappa shape index (κ3) is 3.00. The predicted molar refractivity (Wildman–Crippen MR) is 109 cm³/mol. The van der Waals surface area contributed by atoms with Crippen molar-refractivity contribution >= 4 is 23.5 Å². The van der Waals surface area contributed by atoms with E-state index in [1.54, 1.807) is 60.7 Å². The molecule has 0 saturated carbocycles. The summed E-state index contributed by atoms with van der Waals surface area (Å²) in [5, 5.41) is 20.4. The topological polar surface area (TPSA) is 90.2 Å². The summed E-state index contributed by atoms with van der Waals surface area (Å²) in [6, 6.07) is 20.4. The summed E-state index contributed by atoms with van der Waals surface area (Å²) in [5.41, 5.74) is -0.979. The number of anilines is 1. The Labute approximate surface area is 171 Å². The van der Waals surface area contributed by atoms with Crippen LogP contribution >= 0.6 is 0 Å². The molecule has 1 unspecified atom stereocenters. The highest BCUT2D eigenvalue weighted by molar-refractivity contribution is 6.18. The molecule has 0 aromatic heterocycles. The zero-order valence-corrected chi connectivity index (χ0v) is 15.6. The molecule has 3 aromatic rings. The van der Waals surface area contributed by atoms with E-state index in [-0.39, 0.29) is 11.4 Å². The van der Waals surface area contributed by atoms with Crippen LogP contribution in [-0.2, 0) is 15.1 Å². The molecule has 0 aliphatic carbocycles. The van der Waals surface area contributed by atoms with Crippen LogP contribution < -0.4 is 4.90 Å². The molecule has 1 aliphatic rings. The molecule has 0 amide bonds. The van der Waals surface area contributed by atoms with E-state index in [0.29, 0.717) is 11.3 Å². The van der Waals surface area contributed by atoms with E-state index in [1.165, 1.54) is 29.2 Å². The van der Waals surface area contributed by atoms with Crippen LogP contribution in [0.1, 0.15) is 11.1 Å². The van der Waals surface area contributed by atoms with Gasteiger partial charge in [-0.05, 0) is 29.8 Å². The number of aliphatic imine (C=N–C) groups is 1. The maximum Gasteiger partial charge on any atom is 0.339 e. The van der Waals surface area contributed by atoms with Crippen LogP contribution in [0.25, 0.3) is 0 Å². The summed E-state index contributed by atoms with van der Waals surface area (Å²) >= 11 is 0. The molecule has 0 fully saturated rings. The lowest BCUT2D eigenvalue weighted by atomic mass is 9.83.